The van der Waals surface area contributed by atoms with Crippen molar-refractivity contribution in [3.63, 3.8) is 0 Å². The van der Waals surface area contributed by atoms with Gasteiger partial charge >= 0.3 is 0 Å². The van der Waals surface area contributed by atoms with Crippen LogP contribution < -0.4 is 0 Å². The van der Waals surface area contributed by atoms with Gasteiger partial charge in [-0.15, -0.1) is 0 Å². The molecule has 2 nitrogen and oxygen atoms in total. The van der Waals surface area contributed by atoms with Crippen molar-refractivity contribution < 1.29 is 0 Å². The number of nitrogens with zero attached hydrogens (tertiary/aromatic N) is 2. The van der Waals surface area contributed by atoms with E-state index in [1.807, 2.05) is 11.8 Å². The summed E-state index contributed by atoms with van der Waals surface area (Å²) < 4.78 is 2.38. The molecule has 7 aromatic carbocycles. The largest absolute Gasteiger partial charge is 0.294 e. The SMILES string of the molecule is CCc1nc2cccc3c2n1-c1cc(-c2ccc(-c4c5ccccc5c(-c5ccccc5)c5ccccc45)cc2)ccc1S3. The highest BCUT2D eigenvalue weighted by Gasteiger charge is 2.23. The van der Waals surface area contributed by atoms with Crippen LogP contribution in [0.15, 0.2) is 149 Å². The molecular weight excluding hydrogens is 553 g/mol. The van der Waals surface area contributed by atoms with Crippen molar-refractivity contribution in [2.24, 2.45) is 0 Å². The van der Waals surface area contributed by atoms with Crippen LogP contribution in [0.25, 0.3) is 71.6 Å². The molecule has 0 bridgehead atoms. The summed E-state index contributed by atoms with van der Waals surface area (Å²) in [5, 5.41) is 5.11. The third kappa shape index (κ3) is 3.79. The van der Waals surface area contributed by atoms with E-state index in [0.717, 1.165) is 17.8 Å². The summed E-state index contributed by atoms with van der Waals surface area (Å²) in [6.07, 6.45) is 0.891. The molecule has 0 N–H and O–H groups in total. The van der Waals surface area contributed by atoms with Crippen LogP contribution in [0.3, 0.4) is 0 Å². The topological polar surface area (TPSA) is 17.8 Å². The Morgan fingerprint density at radius 2 is 1.09 bits per heavy atom. The van der Waals surface area contributed by atoms with Crippen LogP contribution in [-0.4, -0.2) is 9.55 Å². The number of benzene rings is 7. The summed E-state index contributed by atoms with van der Waals surface area (Å²) in [4.78, 5) is 7.52. The molecule has 2 heterocycles. The predicted octanol–water partition coefficient (Wildman–Crippen LogP) is 11.4. The average molecular weight is 581 g/mol. The molecular formula is C41H28N2S. The number of fused-ring (bicyclic) bond motifs is 4. The zero-order valence-corrected chi connectivity index (χ0v) is 25.1. The monoisotopic (exact) mass is 580 g/mol. The lowest BCUT2D eigenvalue weighted by Crippen LogP contribution is -2.05. The highest BCUT2D eigenvalue weighted by molar-refractivity contribution is 7.99. The van der Waals surface area contributed by atoms with Crippen LogP contribution >= 0.6 is 11.8 Å². The Bertz CT molecular complexity index is 2330. The van der Waals surface area contributed by atoms with Gasteiger partial charge in [0.25, 0.3) is 0 Å². The first-order chi connectivity index (χ1) is 21.8. The normalized spacial score (nSPS) is 12.2. The van der Waals surface area contributed by atoms with Crippen LogP contribution in [0.5, 0.6) is 0 Å². The second-order valence-corrected chi connectivity index (χ2v) is 12.5. The molecule has 8 aromatic rings. The summed E-state index contributed by atoms with van der Waals surface area (Å²) >= 11 is 1.84. The van der Waals surface area contributed by atoms with Crippen LogP contribution in [0.4, 0.5) is 0 Å². The first-order valence-corrected chi connectivity index (χ1v) is 16.0. The van der Waals surface area contributed by atoms with E-state index in [1.165, 1.54) is 75.9 Å². The van der Waals surface area contributed by atoms with Crippen molar-refractivity contribution in [2.75, 3.05) is 0 Å². The van der Waals surface area contributed by atoms with Gasteiger partial charge in [-0.25, -0.2) is 4.98 Å². The fourth-order valence-corrected chi connectivity index (χ4v) is 8.05. The van der Waals surface area contributed by atoms with Gasteiger partial charge in [0.05, 0.1) is 16.7 Å². The van der Waals surface area contributed by atoms with Gasteiger partial charge in [0.2, 0.25) is 0 Å². The van der Waals surface area contributed by atoms with Gasteiger partial charge in [0, 0.05) is 16.2 Å². The van der Waals surface area contributed by atoms with Crippen molar-refractivity contribution >= 4 is 44.3 Å². The summed E-state index contributed by atoms with van der Waals surface area (Å²) in [7, 11) is 0. The van der Waals surface area contributed by atoms with Gasteiger partial charge < -0.3 is 0 Å². The fourth-order valence-electron chi connectivity index (χ4n) is 6.98. The van der Waals surface area contributed by atoms with Crippen LogP contribution in [0, 0.1) is 0 Å². The molecule has 44 heavy (non-hydrogen) atoms. The number of aromatic nitrogens is 2. The van der Waals surface area contributed by atoms with Gasteiger partial charge in [0.1, 0.15) is 5.82 Å². The van der Waals surface area contributed by atoms with Gasteiger partial charge in [0.15, 0.2) is 0 Å². The van der Waals surface area contributed by atoms with E-state index in [2.05, 4.69) is 151 Å². The summed E-state index contributed by atoms with van der Waals surface area (Å²) in [6, 6.07) is 50.9. The zero-order valence-electron chi connectivity index (χ0n) is 24.3. The molecule has 0 saturated carbocycles. The minimum absolute atomic E-state index is 0.891. The third-order valence-electron chi connectivity index (χ3n) is 8.95. The molecule has 0 atom stereocenters. The zero-order chi connectivity index (χ0) is 29.2. The molecule has 208 valence electrons. The Morgan fingerprint density at radius 3 is 1.73 bits per heavy atom. The number of imidazole rings is 1. The molecule has 0 aliphatic carbocycles. The minimum Gasteiger partial charge on any atom is -0.294 e. The standard InChI is InChI=1S/C41H28N2S/c1-2-38-42-34-17-10-18-37-41(34)43(38)35-25-29(23-24-36(35)44-37)26-19-21-28(22-20-26)40-32-15-8-6-13-30(32)39(27-11-4-3-5-12-27)31-14-7-9-16-33(31)40/h3-25H,2H2,1H3. The number of hydrogen-bond donors (Lipinski definition) is 0. The van der Waals surface area contributed by atoms with E-state index in [-0.39, 0.29) is 0 Å². The summed E-state index contributed by atoms with van der Waals surface area (Å²) in [5.74, 6) is 1.11. The quantitative estimate of drug-likeness (QED) is 0.193. The van der Waals surface area contributed by atoms with Crippen molar-refractivity contribution in [1.82, 2.24) is 9.55 Å². The summed E-state index contributed by atoms with van der Waals surface area (Å²) in [6.45, 7) is 2.19. The smallest absolute Gasteiger partial charge is 0.114 e. The predicted molar refractivity (Wildman–Crippen MR) is 186 cm³/mol. The van der Waals surface area contributed by atoms with Crippen molar-refractivity contribution in [3.8, 4) is 39.1 Å². The molecule has 0 unspecified atom stereocenters. The minimum atomic E-state index is 0.891. The Morgan fingerprint density at radius 1 is 0.523 bits per heavy atom. The molecule has 0 spiro atoms. The lowest BCUT2D eigenvalue weighted by molar-refractivity contribution is 0.888. The van der Waals surface area contributed by atoms with Crippen molar-refractivity contribution in [3.05, 3.63) is 145 Å². The third-order valence-corrected chi connectivity index (χ3v) is 10.1. The van der Waals surface area contributed by atoms with Gasteiger partial charge in [-0.05, 0) is 79.2 Å². The second-order valence-electron chi connectivity index (χ2n) is 11.4. The molecule has 1 aliphatic heterocycles. The maximum atomic E-state index is 4.97. The number of hydrogen-bond acceptors (Lipinski definition) is 2. The van der Waals surface area contributed by atoms with E-state index >= 15 is 0 Å². The first kappa shape index (κ1) is 25.4. The molecule has 0 saturated heterocycles. The summed E-state index contributed by atoms with van der Waals surface area (Å²) in [5.41, 5.74) is 11.0. The van der Waals surface area contributed by atoms with Gasteiger partial charge in [-0.2, -0.15) is 0 Å². The Labute approximate surface area is 260 Å². The molecule has 9 rings (SSSR count). The number of rotatable bonds is 4. The molecule has 1 aliphatic rings. The molecule has 0 radical (unpaired) electrons. The number of aryl methyl sites for hydroxylation is 1. The average Bonchev–Trinajstić information content (AvgIpc) is 3.48. The van der Waals surface area contributed by atoms with E-state index in [9.17, 15) is 0 Å². The van der Waals surface area contributed by atoms with E-state index < -0.39 is 0 Å². The lowest BCUT2D eigenvalue weighted by Gasteiger charge is -2.21. The Balaban J connectivity index is 1.19. The van der Waals surface area contributed by atoms with Gasteiger partial charge in [-0.1, -0.05) is 134 Å². The Kier molecular flexibility index (Phi) is 5.75. The molecule has 0 fully saturated rings. The van der Waals surface area contributed by atoms with E-state index in [0.29, 0.717) is 0 Å². The maximum Gasteiger partial charge on any atom is 0.114 e. The number of para-hydroxylation sites is 1. The highest BCUT2D eigenvalue weighted by Crippen LogP contribution is 2.46. The fraction of sp³-hybridized carbons (Fsp3) is 0.0488. The molecule has 3 heteroatoms. The molecule has 1 aromatic heterocycles. The molecule has 0 amide bonds. The first-order valence-electron chi connectivity index (χ1n) is 15.2. The Hall–Kier alpha value is -5.12. The van der Waals surface area contributed by atoms with Crippen molar-refractivity contribution in [1.29, 1.82) is 0 Å². The van der Waals surface area contributed by atoms with Crippen LogP contribution in [-0.2, 0) is 6.42 Å². The second kappa shape index (κ2) is 9.97. The maximum absolute atomic E-state index is 4.97. The van der Waals surface area contributed by atoms with Crippen LogP contribution in [0.1, 0.15) is 12.7 Å². The van der Waals surface area contributed by atoms with Crippen molar-refractivity contribution in [2.45, 2.75) is 23.1 Å². The van der Waals surface area contributed by atoms with Gasteiger partial charge in [-0.3, -0.25) is 4.57 Å². The highest BCUT2D eigenvalue weighted by atomic mass is 32.2. The van der Waals surface area contributed by atoms with E-state index in [1.54, 1.807) is 0 Å². The lowest BCUT2D eigenvalue weighted by atomic mass is 9.86. The van der Waals surface area contributed by atoms with Crippen LogP contribution in [0.2, 0.25) is 0 Å². The van der Waals surface area contributed by atoms with E-state index in [4.69, 9.17) is 4.98 Å².